The normalized spacial score (nSPS) is 14.2. The summed E-state index contributed by atoms with van der Waals surface area (Å²) in [6.45, 7) is 10.5. The van der Waals surface area contributed by atoms with Crippen LogP contribution in [0.4, 0.5) is 0 Å². The van der Waals surface area contributed by atoms with Crippen molar-refractivity contribution in [2.45, 2.75) is 46.3 Å². The van der Waals surface area contributed by atoms with Crippen LogP contribution in [0.2, 0.25) is 6.04 Å². The predicted octanol–water partition coefficient (Wildman–Crippen LogP) is 1.19. The molecule has 2 atom stereocenters. The topological polar surface area (TPSA) is 150 Å². The van der Waals surface area contributed by atoms with Gasteiger partial charge in [-0.1, -0.05) is 6.92 Å². The van der Waals surface area contributed by atoms with E-state index in [0.29, 0.717) is 51.3 Å². The van der Waals surface area contributed by atoms with E-state index in [1.165, 1.54) is 0 Å². The SMILES string of the molecule is CCO[Si](CCCOCC(O)CNCCSCC(C)C(=O)OCCS(=O)(=O)O)(OCC)OCC. The van der Waals surface area contributed by atoms with E-state index >= 15 is 0 Å². The molecule has 0 amide bonds. The van der Waals surface area contributed by atoms with E-state index in [0.717, 1.165) is 12.2 Å². The molecule has 3 N–H and O–H groups in total. The second kappa shape index (κ2) is 19.8. The van der Waals surface area contributed by atoms with Crippen molar-refractivity contribution >= 4 is 36.7 Å². The van der Waals surface area contributed by atoms with E-state index in [-0.39, 0.29) is 19.1 Å². The van der Waals surface area contributed by atoms with Gasteiger partial charge in [-0.15, -0.1) is 0 Å². The molecule has 204 valence electrons. The van der Waals surface area contributed by atoms with Crippen LogP contribution in [0.5, 0.6) is 0 Å². The van der Waals surface area contributed by atoms with Crippen molar-refractivity contribution in [2.24, 2.45) is 5.92 Å². The second-order valence-corrected chi connectivity index (χ2v) is 12.9. The highest BCUT2D eigenvalue weighted by atomic mass is 32.2. The summed E-state index contributed by atoms with van der Waals surface area (Å²) in [4.78, 5) is 11.7. The summed E-state index contributed by atoms with van der Waals surface area (Å²) >= 11 is 1.54. The highest BCUT2D eigenvalue weighted by Crippen LogP contribution is 2.18. The number of carbonyl (C=O) groups excluding carboxylic acids is 1. The van der Waals surface area contributed by atoms with E-state index in [9.17, 15) is 18.3 Å². The lowest BCUT2D eigenvalue weighted by Crippen LogP contribution is -2.46. The Labute approximate surface area is 209 Å². The molecule has 0 radical (unpaired) electrons. The van der Waals surface area contributed by atoms with Crippen molar-refractivity contribution in [2.75, 3.05) is 70.0 Å². The number of thioether (sulfide) groups is 1. The number of aliphatic hydroxyl groups excluding tert-OH is 1. The van der Waals surface area contributed by atoms with Crippen LogP contribution in [0, 0.1) is 5.92 Å². The van der Waals surface area contributed by atoms with Crippen molar-refractivity contribution in [3.05, 3.63) is 0 Å². The number of esters is 1. The molecular weight excluding hydrogens is 506 g/mol. The molecule has 0 aromatic rings. The minimum Gasteiger partial charge on any atom is -0.464 e. The summed E-state index contributed by atoms with van der Waals surface area (Å²) in [5, 5.41) is 13.2. The average Bonchev–Trinajstić information content (AvgIpc) is 2.75. The van der Waals surface area contributed by atoms with Gasteiger partial charge in [0.15, 0.2) is 0 Å². The smallest absolute Gasteiger partial charge is 0.464 e. The molecule has 0 saturated heterocycles. The molecule has 2 unspecified atom stereocenters. The number of nitrogens with one attached hydrogen (secondary N) is 1. The number of hydrogen-bond acceptors (Lipinski definition) is 11. The lowest BCUT2D eigenvalue weighted by molar-refractivity contribution is -0.146. The van der Waals surface area contributed by atoms with Crippen molar-refractivity contribution < 1.29 is 45.6 Å². The molecule has 0 rings (SSSR count). The Kier molecular flexibility index (Phi) is 19.7. The molecule has 0 bridgehead atoms. The standard InChI is InChI=1S/C20H43NO10S2Si/c1-5-29-34(30-6-2,31-7-3)14-8-10-27-16-19(22)15-21-9-12-32-17-18(4)20(23)28-11-13-33(24,25)26/h18-19,21-22H,5-17H2,1-4H3,(H,24,25,26). The van der Waals surface area contributed by atoms with Crippen molar-refractivity contribution in [3.8, 4) is 0 Å². The maximum absolute atomic E-state index is 11.7. The van der Waals surface area contributed by atoms with Crippen molar-refractivity contribution in [3.63, 3.8) is 0 Å². The van der Waals surface area contributed by atoms with Gasteiger partial charge >= 0.3 is 14.8 Å². The van der Waals surface area contributed by atoms with Crippen molar-refractivity contribution in [1.82, 2.24) is 5.32 Å². The highest BCUT2D eigenvalue weighted by molar-refractivity contribution is 7.99. The first-order valence-electron chi connectivity index (χ1n) is 11.7. The van der Waals surface area contributed by atoms with Gasteiger partial charge in [0, 0.05) is 57.1 Å². The van der Waals surface area contributed by atoms with Crippen LogP contribution in [0.25, 0.3) is 0 Å². The summed E-state index contributed by atoms with van der Waals surface area (Å²) in [5.74, 6) is -0.241. The maximum atomic E-state index is 11.7. The first-order valence-corrected chi connectivity index (χ1v) is 16.4. The Morgan fingerprint density at radius 1 is 1.09 bits per heavy atom. The third-order valence-electron chi connectivity index (χ3n) is 4.33. The Bertz CT molecular complexity index is 609. The molecule has 0 heterocycles. The van der Waals surface area contributed by atoms with Gasteiger partial charge in [0.2, 0.25) is 0 Å². The van der Waals surface area contributed by atoms with Crippen molar-refractivity contribution in [1.29, 1.82) is 0 Å². The highest BCUT2D eigenvalue weighted by Gasteiger charge is 2.39. The van der Waals surface area contributed by atoms with E-state index in [4.69, 9.17) is 27.3 Å². The van der Waals surface area contributed by atoms with E-state index in [1.807, 2.05) is 20.8 Å². The van der Waals surface area contributed by atoms with Crippen LogP contribution < -0.4 is 5.32 Å². The number of hydrogen-bond donors (Lipinski definition) is 3. The number of rotatable bonds is 23. The Balaban J connectivity index is 3.84. The van der Waals surface area contributed by atoms with Crippen LogP contribution in [0.1, 0.15) is 34.1 Å². The molecule has 0 aromatic heterocycles. The minimum absolute atomic E-state index is 0.221. The molecular formula is C20H43NO10S2Si. The maximum Gasteiger partial charge on any atom is 0.501 e. The summed E-state index contributed by atoms with van der Waals surface area (Å²) < 4.78 is 57.6. The van der Waals surface area contributed by atoms with Crippen LogP contribution in [0.3, 0.4) is 0 Å². The van der Waals surface area contributed by atoms with Gasteiger partial charge in [0.1, 0.15) is 12.4 Å². The largest absolute Gasteiger partial charge is 0.501 e. The molecule has 0 fully saturated rings. The molecule has 14 heteroatoms. The van der Waals surface area contributed by atoms with Gasteiger partial charge in [-0.3, -0.25) is 9.35 Å². The molecule has 0 aromatic carbocycles. The molecule has 0 spiro atoms. The molecule has 0 saturated carbocycles. The predicted molar refractivity (Wildman–Crippen MR) is 134 cm³/mol. The zero-order valence-corrected chi connectivity index (χ0v) is 23.5. The van der Waals surface area contributed by atoms with Gasteiger partial charge in [0.25, 0.3) is 10.1 Å². The Hall–Kier alpha value is -0.293. The van der Waals surface area contributed by atoms with E-state index in [1.54, 1.807) is 18.7 Å². The first kappa shape index (κ1) is 33.7. The van der Waals surface area contributed by atoms with Crippen LogP contribution in [-0.2, 0) is 37.7 Å². The van der Waals surface area contributed by atoms with Gasteiger partial charge < -0.3 is 33.2 Å². The average molecular weight is 550 g/mol. The fourth-order valence-electron chi connectivity index (χ4n) is 2.80. The summed E-state index contributed by atoms with van der Waals surface area (Å²) in [6, 6.07) is 0.667. The third kappa shape index (κ3) is 18.0. The molecule has 0 aliphatic heterocycles. The van der Waals surface area contributed by atoms with Crippen LogP contribution >= 0.6 is 11.8 Å². The Morgan fingerprint density at radius 2 is 1.71 bits per heavy atom. The summed E-state index contributed by atoms with van der Waals surface area (Å²) in [7, 11) is -6.79. The molecule has 11 nitrogen and oxygen atoms in total. The first-order chi connectivity index (χ1) is 16.1. The fourth-order valence-corrected chi connectivity index (χ4v) is 6.62. The minimum atomic E-state index is -4.14. The summed E-state index contributed by atoms with van der Waals surface area (Å²) in [5.41, 5.74) is 0. The Morgan fingerprint density at radius 3 is 2.26 bits per heavy atom. The molecule has 0 aliphatic rings. The monoisotopic (exact) mass is 549 g/mol. The van der Waals surface area contributed by atoms with Gasteiger partial charge in [-0.2, -0.15) is 20.2 Å². The number of carbonyl (C=O) groups is 1. The third-order valence-corrected chi connectivity index (χ3v) is 9.40. The zero-order valence-electron chi connectivity index (χ0n) is 20.8. The lowest BCUT2D eigenvalue weighted by atomic mass is 10.2. The van der Waals surface area contributed by atoms with Gasteiger partial charge in [-0.05, 0) is 27.2 Å². The molecule has 34 heavy (non-hydrogen) atoms. The summed E-state index contributed by atoms with van der Waals surface area (Å²) in [6.07, 6.45) is 0.0915. The van der Waals surface area contributed by atoms with Crippen LogP contribution in [-0.4, -0.2) is 109 Å². The van der Waals surface area contributed by atoms with Gasteiger partial charge in [0.05, 0.1) is 18.6 Å². The van der Waals surface area contributed by atoms with E-state index < -0.39 is 36.7 Å². The quantitative estimate of drug-likeness (QED) is 0.0727. The molecule has 0 aliphatic carbocycles. The lowest BCUT2D eigenvalue weighted by Gasteiger charge is -2.28. The zero-order chi connectivity index (χ0) is 25.9. The van der Waals surface area contributed by atoms with E-state index in [2.05, 4.69) is 5.32 Å². The number of ether oxygens (including phenoxy) is 2. The number of aliphatic hydroxyl groups is 1. The fraction of sp³-hybridized carbons (Fsp3) is 0.950. The van der Waals surface area contributed by atoms with Crippen LogP contribution in [0.15, 0.2) is 0 Å². The second-order valence-electron chi connectivity index (χ2n) is 7.45. The van der Waals surface area contributed by atoms with Gasteiger partial charge in [-0.25, -0.2) is 0 Å².